The Balaban J connectivity index is 2.20. The summed E-state index contributed by atoms with van der Waals surface area (Å²) in [6, 6.07) is 6.80. The molecule has 2 aromatic rings. The van der Waals surface area contributed by atoms with Crippen LogP contribution >= 0.6 is 0 Å². The third-order valence-corrected chi connectivity index (χ3v) is 4.35. The van der Waals surface area contributed by atoms with Crippen molar-refractivity contribution >= 4 is 22.4 Å². The van der Waals surface area contributed by atoms with Crippen LogP contribution in [0.25, 0.3) is 16.5 Å². The van der Waals surface area contributed by atoms with Gasteiger partial charge < -0.3 is 5.11 Å². The molecule has 1 aliphatic heterocycles. The summed E-state index contributed by atoms with van der Waals surface area (Å²) in [5.74, 6) is -0.290. The van der Waals surface area contributed by atoms with E-state index in [0.29, 0.717) is 10.9 Å². The summed E-state index contributed by atoms with van der Waals surface area (Å²) in [5, 5.41) is 10.9. The van der Waals surface area contributed by atoms with Gasteiger partial charge in [-0.3, -0.25) is 14.2 Å². The van der Waals surface area contributed by atoms with Gasteiger partial charge in [-0.05, 0) is 38.5 Å². The van der Waals surface area contributed by atoms with Crippen molar-refractivity contribution in [3.05, 3.63) is 82.5 Å². The molecule has 5 heteroatoms. The first-order valence-corrected chi connectivity index (χ1v) is 8.39. The van der Waals surface area contributed by atoms with E-state index >= 15 is 0 Å². The van der Waals surface area contributed by atoms with E-state index in [2.05, 4.69) is 11.6 Å². The van der Waals surface area contributed by atoms with E-state index in [0.717, 1.165) is 12.0 Å². The first kappa shape index (κ1) is 17.8. The minimum atomic E-state index is -1.19. The van der Waals surface area contributed by atoms with Crippen molar-refractivity contribution in [3.8, 4) is 0 Å². The monoisotopic (exact) mass is 348 g/mol. The minimum absolute atomic E-state index is 0.110. The maximum Gasteiger partial charge on any atom is 0.281 e. The minimum Gasteiger partial charge on any atom is -0.383 e. The van der Waals surface area contributed by atoms with Crippen molar-refractivity contribution in [3.63, 3.8) is 0 Å². The van der Waals surface area contributed by atoms with Crippen LogP contribution in [0.4, 0.5) is 0 Å². The molecule has 0 saturated carbocycles. The highest BCUT2D eigenvalue weighted by Crippen LogP contribution is 2.30. The highest BCUT2D eigenvalue weighted by Gasteiger charge is 2.34. The van der Waals surface area contributed by atoms with Crippen LogP contribution in [-0.2, 0) is 0 Å². The second-order valence-corrected chi connectivity index (χ2v) is 6.18. The molecule has 3 rings (SSSR count). The number of aliphatic hydroxyl groups is 1. The number of fused-ring (bicyclic) bond motifs is 3. The molecule has 1 atom stereocenters. The smallest absolute Gasteiger partial charge is 0.281 e. The van der Waals surface area contributed by atoms with Crippen LogP contribution < -0.4 is 5.56 Å². The van der Waals surface area contributed by atoms with E-state index in [-0.39, 0.29) is 17.0 Å². The van der Waals surface area contributed by atoms with Crippen molar-refractivity contribution in [2.75, 3.05) is 0 Å². The van der Waals surface area contributed by atoms with Gasteiger partial charge in [0.1, 0.15) is 11.9 Å². The largest absolute Gasteiger partial charge is 0.383 e. The first-order valence-electron chi connectivity index (χ1n) is 8.39. The van der Waals surface area contributed by atoms with Gasteiger partial charge in [-0.1, -0.05) is 42.5 Å². The Bertz CT molecular complexity index is 1050. The molecule has 0 bridgehead atoms. The highest BCUT2D eigenvalue weighted by atomic mass is 16.3. The Labute approximate surface area is 151 Å². The molecule has 5 nitrogen and oxygen atoms in total. The van der Waals surface area contributed by atoms with Crippen molar-refractivity contribution in [2.45, 2.75) is 26.4 Å². The van der Waals surface area contributed by atoms with Crippen LogP contribution in [-0.4, -0.2) is 26.7 Å². The number of rotatable bonds is 3. The number of carbonyl (C=O) groups excluding carboxylic acids is 1. The van der Waals surface area contributed by atoms with Crippen molar-refractivity contribution in [1.82, 2.24) is 9.55 Å². The molecule has 0 fully saturated rings. The molecule has 0 amide bonds. The summed E-state index contributed by atoms with van der Waals surface area (Å²) in [6.45, 7) is 7.67. The van der Waals surface area contributed by atoms with Gasteiger partial charge in [0.2, 0.25) is 0 Å². The van der Waals surface area contributed by atoms with Gasteiger partial charge >= 0.3 is 0 Å². The number of aromatic nitrogens is 2. The standard InChI is InChI=1S/C21H20N2O3/c1-4-5-6-9-13(2)12-16-18(24)14(3)19-22-20(25)15-10-7-8-11-17(15)23(19)21(16)26/h4-5,7-12,18,24H,3,6H2,1-2H3/b5-4-,13-9-,16-12+. The quantitative estimate of drug-likeness (QED) is 0.683. The maximum absolute atomic E-state index is 13.1. The lowest BCUT2D eigenvalue weighted by molar-refractivity contribution is 0.0919. The molecule has 26 heavy (non-hydrogen) atoms. The summed E-state index contributed by atoms with van der Waals surface area (Å²) >= 11 is 0. The molecule has 1 aromatic heterocycles. The lowest BCUT2D eigenvalue weighted by atomic mass is 9.94. The fourth-order valence-electron chi connectivity index (χ4n) is 2.98. The summed E-state index contributed by atoms with van der Waals surface area (Å²) in [7, 11) is 0. The third-order valence-electron chi connectivity index (χ3n) is 4.35. The van der Waals surface area contributed by atoms with Gasteiger partial charge in [0.25, 0.3) is 11.5 Å². The zero-order valence-corrected chi connectivity index (χ0v) is 14.8. The van der Waals surface area contributed by atoms with Gasteiger partial charge in [0.15, 0.2) is 0 Å². The normalized spacial score (nSPS) is 19.6. The van der Waals surface area contributed by atoms with Crippen molar-refractivity contribution < 1.29 is 9.90 Å². The van der Waals surface area contributed by atoms with Crippen LogP contribution in [0.1, 0.15) is 30.9 Å². The predicted molar refractivity (Wildman–Crippen MR) is 103 cm³/mol. The Morgan fingerprint density at radius 1 is 1.35 bits per heavy atom. The molecule has 0 aliphatic carbocycles. The van der Waals surface area contributed by atoms with Gasteiger partial charge in [-0.25, -0.2) is 0 Å². The topological polar surface area (TPSA) is 72.2 Å². The van der Waals surface area contributed by atoms with Crippen LogP contribution in [0.15, 0.2) is 71.1 Å². The average Bonchev–Trinajstić information content (AvgIpc) is 2.63. The zero-order chi connectivity index (χ0) is 18.8. The molecule has 132 valence electrons. The van der Waals surface area contributed by atoms with E-state index in [4.69, 9.17) is 0 Å². The molecule has 1 aliphatic rings. The van der Waals surface area contributed by atoms with E-state index in [1.807, 2.05) is 32.1 Å². The molecule has 0 saturated heterocycles. The fraction of sp³-hybridized carbons (Fsp3) is 0.190. The number of benzene rings is 1. The fourth-order valence-corrected chi connectivity index (χ4v) is 2.98. The second kappa shape index (κ2) is 7.06. The lowest BCUT2D eigenvalue weighted by Gasteiger charge is -2.26. The molecule has 1 aromatic carbocycles. The molecule has 0 radical (unpaired) electrons. The van der Waals surface area contributed by atoms with Crippen LogP contribution in [0.2, 0.25) is 0 Å². The third kappa shape index (κ3) is 2.97. The van der Waals surface area contributed by atoms with E-state index in [9.17, 15) is 14.7 Å². The van der Waals surface area contributed by atoms with Gasteiger partial charge in [0.05, 0.1) is 16.5 Å². The first-order chi connectivity index (χ1) is 12.5. The van der Waals surface area contributed by atoms with E-state index < -0.39 is 17.6 Å². The van der Waals surface area contributed by atoms with E-state index in [1.165, 1.54) is 4.57 Å². The number of carbonyl (C=O) groups is 1. The Hall–Kier alpha value is -3.05. The predicted octanol–water partition coefficient (Wildman–Crippen LogP) is 3.26. The number of hydrogen-bond acceptors (Lipinski definition) is 4. The Morgan fingerprint density at radius 3 is 2.81 bits per heavy atom. The van der Waals surface area contributed by atoms with Gasteiger partial charge in [0, 0.05) is 5.57 Å². The lowest BCUT2D eigenvalue weighted by Crippen LogP contribution is -2.35. The van der Waals surface area contributed by atoms with Crippen LogP contribution in [0, 0.1) is 0 Å². The van der Waals surface area contributed by atoms with Crippen molar-refractivity contribution in [2.24, 2.45) is 0 Å². The molecular weight excluding hydrogens is 328 g/mol. The van der Waals surface area contributed by atoms with Gasteiger partial charge in [-0.2, -0.15) is 4.98 Å². The number of aliphatic hydroxyl groups excluding tert-OH is 1. The number of hydrogen-bond donors (Lipinski definition) is 1. The molecule has 1 unspecified atom stereocenters. The molecule has 0 spiro atoms. The average molecular weight is 348 g/mol. The summed E-state index contributed by atoms with van der Waals surface area (Å²) < 4.78 is 1.36. The molecule has 1 N–H and O–H groups in total. The highest BCUT2D eigenvalue weighted by molar-refractivity contribution is 6.07. The molecular formula is C21H20N2O3. The number of nitrogens with zero attached hydrogens (tertiary/aromatic N) is 2. The second-order valence-electron chi connectivity index (χ2n) is 6.18. The number of allylic oxidation sites excluding steroid dienone is 5. The van der Waals surface area contributed by atoms with Gasteiger partial charge in [-0.15, -0.1) is 0 Å². The number of para-hydroxylation sites is 1. The summed E-state index contributed by atoms with van der Waals surface area (Å²) in [5.41, 5.74) is 1.33. The Kier molecular flexibility index (Phi) is 4.82. The summed E-state index contributed by atoms with van der Waals surface area (Å²) in [6.07, 6.45) is 7.12. The van der Waals surface area contributed by atoms with Crippen LogP contribution in [0.5, 0.6) is 0 Å². The Morgan fingerprint density at radius 2 is 2.08 bits per heavy atom. The maximum atomic E-state index is 13.1. The zero-order valence-electron chi connectivity index (χ0n) is 14.8. The van der Waals surface area contributed by atoms with Crippen molar-refractivity contribution in [1.29, 1.82) is 0 Å². The summed E-state index contributed by atoms with van der Waals surface area (Å²) in [4.78, 5) is 29.3. The van der Waals surface area contributed by atoms with E-state index in [1.54, 1.807) is 30.3 Å². The SMILES string of the molecule is C=C1c2nc(=O)c3ccccc3n2C(=O)/C(=C/C(C)=C\C/C=C\C)C1O. The molecule has 2 heterocycles. The van der Waals surface area contributed by atoms with Crippen LogP contribution in [0.3, 0.4) is 0 Å².